The van der Waals surface area contributed by atoms with Gasteiger partial charge in [-0.25, -0.2) is 5.01 Å². The van der Waals surface area contributed by atoms with Gasteiger partial charge < -0.3 is 5.73 Å². The molecule has 84 valence electrons. The minimum absolute atomic E-state index is 0.0217. The standard InChI is InChI=1S/C12H15N3O/c1-8(2)11-7-12(16)15(14-11)10-5-3-9(13)4-6-10/h3-6,8H,7,13H2,1-2H3. The van der Waals surface area contributed by atoms with E-state index in [1.807, 2.05) is 13.8 Å². The van der Waals surface area contributed by atoms with Crippen molar-refractivity contribution in [2.45, 2.75) is 20.3 Å². The number of nitrogen functional groups attached to an aromatic ring is 1. The monoisotopic (exact) mass is 217 g/mol. The van der Waals surface area contributed by atoms with Crippen LogP contribution >= 0.6 is 0 Å². The molecule has 1 aliphatic rings. The molecule has 1 heterocycles. The first kappa shape index (κ1) is 10.7. The lowest BCUT2D eigenvalue weighted by molar-refractivity contribution is -0.116. The molecule has 0 atom stereocenters. The van der Waals surface area contributed by atoms with Gasteiger partial charge in [0.15, 0.2) is 0 Å². The van der Waals surface area contributed by atoms with Gasteiger partial charge in [-0.15, -0.1) is 0 Å². The molecule has 0 aliphatic carbocycles. The molecule has 4 nitrogen and oxygen atoms in total. The molecular formula is C12H15N3O. The molecule has 4 heteroatoms. The summed E-state index contributed by atoms with van der Waals surface area (Å²) in [4.78, 5) is 11.8. The predicted octanol–water partition coefficient (Wildman–Crippen LogP) is 2.02. The Morgan fingerprint density at radius 3 is 2.44 bits per heavy atom. The maximum Gasteiger partial charge on any atom is 0.253 e. The zero-order valence-corrected chi connectivity index (χ0v) is 9.47. The van der Waals surface area contributed by atoms with Crippen LogP contribution in [0.15, 0.2) is 29.4 Å². The molecule has 1 aromatic carbocycles. The topological polar surface area (TPSA) is 58.7 Å². The summed E-state index contributed by atoms with van der Waals surface area (Å²) in [6.45, 7) is 4.08. The number of rotatable bonds is 2. The highest BCUT2D eigenvalue weighted by Crippen LogP contribution is 2.23. The van der Waals surface area contributed by atoms with Crippen molar-refractivity contribution >= 4 is 23.0 Å². The Hall–Kier alpha value is -1.84. The van der Waals surface area contributed by atoms with Gasteiger partial charge in [-0.1, -0.05) is 13.8 Å². The van der Waals surface area contributed by atoms with Crippen LogP contribution < -0.4 is 10.7 Å². The number of hydrazone groups is 1. The van der Waals surface area contributed by atoms with Crippen molar-refractivity contribution in [2.24, 2.45) is 11.0 Å². The summed E-state index contributed by atoms with van der Waals surface area (Å²) in [7, 11) is 0. The number of anilines is 2. The molecule has 0 bridgehead atoms. The van der Waals surface area contributed by atoms with Crippen molar-refractivity contribution in [1.82, 2.24) is 0 Å². The van der Waals surface area contributed by atoms with Gasteiger partial charge in [-0.2, -0.15) is 5.10 Å². The van der Waals surface area contributed by atoms with E-state index in [4.69, 9.17) is 5.73 Å². The number of nitrogens with two attached hydrogens (primary N) is 1. The van der Waals surface area contributed by atoms with E-state index in [0.29, 0.717) is 18.0 Å². The average molecular weight is 217 g/mol. The number of hydrogen-bond acceptors (Lipinski definition) is 3. The number of carbonyl (C=O) groups excluding carboxylic acids is 1. The van der Waals surface area contributed by atoms with E-state index in [2.05, 4.69) is 5.10 Å². The molecule has 1 aliphatic heterocycles. The lowest BCUT2D eigenvalue weighted by Gasteiger charge is -2.11. The second kappa shape index (κ2) is 3.96. The number of hydrogen-bond donors (Lipinski definition) is 1. The van der Waals surface area contributed by atoms with E-state index in [1.165, 1.54) is 5.01 Å². The fourth-order valence-corrected chi connectivity index (χ4v) is 1.59. The van der Waals surface area contributed by atoms with Gasteiger partial charge in [0.2, 0.25) is 0 Å². The number of benzene rings is 1. The summed E-state index contributed by atoms with van der Waals surface area (Å²) in [6.07, 6.45) is 0.419. The largest absolute Gasteiger partial charge is 0.399 e. The second-order valence-electron chi connectivity index (χ2n) is 4.22. The molecule has 0 radical (unpaired) electrons. The van der Waals surface area contributed by atoms with E-state index >= 15 is 0 Å². The van der Waals surface area contributed by atoms with Gasteiger partial charge in [0.1, 0.15) is 0 Å². The smallest absolute Gasteiger partial charge is 0.253 e. The van der Waals surface area contributed by atoms with Crippen LogP contribution in [0.2, 0.25) is 0 Å². The van der Waals surface area contributed by atoms with E-state index in [-0.39, 0.29) is 5.91 Å². The fraction of sp³-hybridized carbons (Fsp3) is 0.333. The quantitative estimate of drug-likeness (QED) is 0.770. The van der Waals surface area contributed by atoms with Crippen molar-refractivity contribution in [1.29, 1.82) is 0 Å². The Bertz CT molecular complexity index is 434. The van der Waals surface area contributed by atoms with E-state index in [1.54, 1.807) is 24.3 Å². The number of nitrogens with zero attached hydrogens (tertiary/aromatic N) is 2. The van der Waals surface area contributed by atoms with Gasteiger partial charge in [0, 0.05) is 5.69 Å². The van der Waals surface area contributed by atoms with Crippen LogP contribution in [0.4, 0.5) is 11.4 Å². The summed E-state index contributed by atoms with van der Waals surface area (Å²) < 4.78 is 0. The van der Waals surface area contributed by atoms with Gasteiger partial charge >= 0.3 is 0 Å². The SMILES string of the molecule is CC(C)C1=NN(c2ccc(N)cc2)C(=O)C1. The summed E-state index contributed by atoms with van der Waals surface area (Å²) in [6, 6.07) is 7.15. The van der Waals surface area contributed by atoms with Crippen molar-refractivity contribution in [3.05, 3.63) is 24.3 Å². The summed E-state index contributed by atoms with van der Waals surface area (Å²) in [5.74, 6) is 0.330. The van der Waals surface area contributed by atoms with Crippen LogP contribution in [-0.2, 0) is 4.79 Å². The second-order valence-corrected chi connectivity index (χ2v) is 4.22. The van der Waals surface area contributed by atoms with Gasteiger partial charge in [-0.05, 0) is 30.2 Å². The molecular weight excluding hydrogens is 202 g/mol. The van der Waals surface area contributed by atoms with Crippen molar-refractivity contribution in [3.8, 4) is 0 Å². The molecule has 2 rings (SSSR count). The Labute approximate surface area is 94.7 Å². The zero-order chi connectivity index (χ0) is 11.7. The van der Waals surface area contributed by atoms with Gasteiger partial charge in [-0.3, -0.25) is 4.79 Å². The van der Waals surface area contributed by atoms with Crippen LogP contribution in [0.3, 0.4) is 0 Å². The van der Waals surface area contributed by atoms with Crippen LogP contribution in [0, 0.1) is 5.92 Å². The van der Waals surface area contributed by atoms with Crippen molar-refractivity contribution < 1.29 is 4.79 Å². The third-order valence-corrected chi connectivity index (χ3v) is 2.60. The highest BCUT2D eigenvalue weighted by Gasteiger charge is 2.26. The molecule has 16 heavy (non-hydrogen) atoms. The fourth-order valence-electron chi connectivity index (χ4n) is 1.59. The predicted molar refractivity (Wildman–Crippen MR) is 65.2 cm³/mol. The Balaban J connectivity index is 2.28. The molecule has 1 aromatic rings. The van der Waals surface area contributed by atoms with Crippen molar-refractivity contribution in [3.63, 3.8) is 0 Å². The lowest BCUT2D eigenvalue weighted by atomic mass is 10.1. The van der Waals surface area contributed by atoms with Crippen LogP contribution in [0.25, 0.3) is 0 Å². The molecule has 2 N–H and O–H groups in total. The Morgan fingerprint density at radius 1 is 1.31 bits per heavy atom. The maximum atomic E-state index is 11.8. The van der Waals surface area contributed by atoms with Gasteiger partial charge in [0.05, 0.1) is 17.8 Å². The third kappa shape index (κ3) is 1.91. The highest BCUT2D eigenvalue weighted by atomic mass is 16.2. The molecule has 0 unspecified atom stereocenters. The van der Waals surface area contributed by atoms with Crippen molar-refractivity contribution in [2.75, 3.05) is 10.7 Å². The number of carbonyl (C=O) groups is 1. The summed E-state index contributed by atoms with van der Waals surface area (Å²) >= 11 is 0. The Kier molecular flexibility index (Phi) is 2.64. The first-order valence-electron chi connectivity index (χ1n) is 5.34. The van der Waals surface area contributed by atoms with Crippen LogP contribution in [0.1, 0.15) is 20.3 Å². The lowest BCUT2D eigenvalue weighted by Crippen LogP contribution is -2.19. The molecule has 0 saturated carbocycles. The molecule has 0 aromatic heterocycles. The normalized spacial score (nSPS) is 15.8. The average Bonchev–Trinajstić information content (AvgIpc) is 2.62. The molecule has 0 fully saturated rings. The summed E-state index contributed by atoms with van der Waals surface area (Å²) in [5.41, 5.74) is 7.99. The van der Waals surface area contributed by atoms with Crippen LogP contribution in [-0.4, -0.2) is 11.6 Å². The first-order chi connectivity index (χ1) is 7.58. The Morgan fingerprint density at radius 2 is 1.94 bits per heavy atom. The molecule has 0 spiro atoms. The van der Waals surface area contributed by atoms with E-state index < -0.39 is 0 Å². The maximum absolute atomic E-state index is 11.8. The third-order valence-electron chi connectivity index (χ3n) is 2.60. The highest BCUT2D eigenvalue weighted by molar-refractivity contribution is 6.13. The van der Waals surface area contributed by atoms with E-state index in [9.17, 15) is 4.79 Å². The number of amides is 1. The van der Waals surface area contributed by atoms with Gasteiger partial charge in [0.25, 0.3) is 5.91 Å². The first-order valence-corrected chi connectivity index (χ1v) is 5.34. The summed E-state index contributed by atoms with van der Waals surface area (Å²) in [5, 5.41) is 5.78. The minimum Gasteiger partial charge on any atom is -0.399 e. The molecule has 1 amide bonds. The molecule has 0 saturated heterocycles. The zero-order valence-electron chi connectivity index (χ0n) is 9.47. The van der Waals surface area contributed by atoms with Crippen LogP contribution in [0.5, 0.6) is 0 Å². The van der Waals surface area contributed by atoms with E-state index in [0.717, 1.165) is 11.4 Å². The minimum atomic E-state index is 0.0217.